The Balaban J connectivity index is 1.99. The minimum atomic E-state index is -1.60. The lowest BCUT2D eigenvalue weighted by Gasteiger charge is -2.25. The van der Waals surface area contributed by atoms with Gasteiger partial charge in [-0.1, -0.05) is 18.2 Å². The number of para-hydroxylation sites is 2. The number of ether oxygens (including phenoxy) is 2. The van der Waals surface area contributed by atoms with E-state index in [4.69, 9.17) is 14.6 Å². The van der Waals surface area contributed by atoms with Crippen LogP contribution >= 0.6 is 0 Å². The van der Waals surface area contributed by atoms with Crippen molar-refractivity contribution in [2.24, 2.45) is 0 Å². The minimum absolute atomic E-state index is 0.0237. The SMILES string of the molecule is COc1cccc(OC)c1C(=O)C(=O)N[C@H]1CN(C(=O)CO)c2ccccc2N(CC(=O)N[C@H](C=O)CC(=O)O)C1=O. The van der Waals surface area contributed by atoms with Crippen molar-refractivity contribution >= 4 is 53.0 Å². The zero-order chi connectivity index (χ0) is 31.0. The number of amides is 4. The van der Waals surface area contributed by atoms with Crippen molar-refractivity contribution in [1.82, 2.24) is 10.6 Å². The number of hydrogen-bond acceptors (Lipinski definition) is 10. The molecule has 0 fully saturated rings. The molecular weight excluding hydrogens is 556 g/mol. The average Bonchev–Trinajstić information content (AvgIpc) is 3.09. The van der Waals surface area contributed by atoms with E-state index in [1.165, 1.54) is 56.7 Å². The van der Waals surface area contributed by atoms with E-state index in [0.717, 1.165) is 9.80 Å². The van der Waals surface area contributed by atoms with Crippen LogP contribution in [-0.4, -0.2) is 97.9 Å². The van der Waals surface area contributed by atoms with E-state index in [1.807, 2.05) is 0 Å². The summed E-state index contributed by atoms with van der Waals surface area (Å²) < 4.78 is 10.4. The Morgan fingerprint density at radius 2 is 1.64 bits per heavy atom. The first-order valence-corrected chi connectivity index (χ1v) is 12.4. The van der Waals surface area contributed by atoms with Crippen molar-refractivity contribution in [1.29, 1.82) is 0 Å². The fourth-order valence-corrected chi connectivity index (χ4v) is 4.31. The predicted molar refractivity (Wildman–Crippen MR) is 144 cm³/mol. The van der Waals surface area contributed by atoms with E-state index in [0.29, 0.717) is 0 Å². The van der Waals surface area contributed by atoms with Crippen LogP contribution in [0.1, 0.15) is 16.8 Å². The molecule has 0 radical (unpaired) electrons. The number of carbonyl (C=O) groups excluding carboxylic acids is 6. The number of anilines is 2. The second-order valence-electron chi connectivity index (χ2n) is 8.88. The van der Waals surface area contributed by atoms with Crippen molar-refractivity contribution in [2.45, 2.75) is 18.5 Å². The summed E-state index contributed by atoms with van der Waals surface area (Å²) in [7, 11) is 2.56. The summed E-state index contributed by atoms with van der Waals surface area (Å²) in [5.74, 6) is -6.36. The van der Waals surface area contributed by atoms with Crippen LogP contribution in [0.5, 0.6) is 11.5 Å². The predicted octanol–water partition coefficient (Wildman–Crippen LogP) is -1.10. The smallest absolute Gasteiger partial charge is 0.305 e. The quantitative estimate of drug-likeness (QED) is 0.134. The van der Waals surface area contributed by atoms with Crippen molar-refractivity contribution in [3.63, 3.8) is 0 Å². The van der Waals surface area contributed by atoms with E-state index in [-0.39, 0.29) is 34.7 Å². The number of aldehydes is 1. The van der Waals surface area contributed by atoms with Crippen molar-refractivity contribution in [3.8, 4) is 11.5 Å². The highest BCUT2D eigenvalue weighted by Crippen LogP contribution is 2.33. The van der Waals surface area contributed by atoms with Gasteiger partial charge in [0.05, 0.1) is 44.6 Å². The zero-order valence-electron chi connectivity index (χ0n) is 22.6. The normalized spacial score (nSPS) is 15.0. The maximum Gasteiger partial charge on any atom is 0.305 e. The molecular formula is C27H28N4O11. The number of carboxylic acids is 1. The van der Waals surface area contributed by atoms with Crippen molar-refractivity contribution < 1.29 is 53.2 Å². The molecule has 1 heterocycles. The fraction of sp³-hybridized carbons (Fsp3) is 0.296. The molecule has 0 unspecified atom stereocenters. The van der Waals surface area contributed by atoms with Crippen LogP contribution in [0.3, 0.4) is 0 Å². The monoisotopic (exact) mass is 584 g/mol. The molecule has 1 aliphatic heterocycles. The standard InChI is InChI=1S/C27H28N4O11/c1-41-19-8-5-9-20(42-2)24(19)25(38)26(39)29-16-11-30(22(35)14-33)17-6-3-4-7-18(17)31(27(16)40)12-21(34)28-15(13-32)10-23(36)37/h3-9,13,15-16,33H,10-12,14H2,1-2H3,(H,28,34)(H,29,39)(H,36,37)/t15-,16-/m0/s1. The van der Waals surface area contributed by atoms with Gasteiger partial charge in [0.15, 0.2) is 0 Å². The first-order chi connectivity index (χ1) is 20.1. The zero-order valence-corrected chi connectivity index (χ0v) is 22.6. The van der Waals surface area contributed by atoms with Gasteiger partial charge in [0.1, 0.15) is 42.5 Å². The number of carboxylic acid groups (broad SMARTS) is 1. The number of aliphatic carboxylic acids is 1. The van der Waals surface area contributed by atoms with Crippen LogP contribution in [0.25, 0.3) is 0 Å². The van der Waals surface area contributed by atoms with Crippen molar-refractivity contribution in [2.75, 3.05) is 43.7 Å². The van der Waals surface area contributed by atoms with Gasteiger partial charge in [0.2, 0.25) is 5.91 Å². The number of methoxy groups -OCH3 is 2. The molecule has 15 heteroatoms. The molecule has 4 amide bonds. The molecule has 4 N–H and O–H groups in total. The number of nitrogens with one attached hydrogen (secondary N) is 2. The molecule has 0 saturated heterocycles. The Morgan fingerprint density at radius 1 is 1.02 bits per heavy atom. The van der Waals surface area contributed by atoms with Crippen LogP contribution in [0, 0.1) is 0 Å². The van der Waals surface area contributed by atoms with Crippen LogP contribution in [0.4, 0.5) is 11.4 Å². The number of aliphatic hydroxyl groups excluding tert-OH is 1. The lowest BCUT2D eigenvalue weighted by atomic mass is 10.1. The molecule has 15 nitrogen and oxygen atoms in total. The fourth-order valence-electron chi connectivity index (χ4n) is 4.31. The molecule has 0 aromatic heterocycles. The molecule has 1 aliphatic rings. The van der Waals surface area contributed by atoms with E-state index in [9.17, 15) is 38.7 Å². The summed E-state index contributed by atoms with van der Waals surface area (Å²) in [5, 5.41) is 23.1. The Labute approximate surface area is 239 Å². The summed E-state index contributed by atoms with van der Waals surface area (Å²) in [5.41, 5.74) is -0.0818. The van der Waals surface area contributed by atoms with Gasteiger partial charge in [0, 0.05) is 0 Å². The molecule has 0 spiro atoms. The summed E-state index contributed by atoms with van der Waals surface area (Å²) >= 11 is 0. The molecule has 222 valence electrons. The highest BCUT2D eigenvalue weighted by molar-refractivity contribution is 6.44. The maximum absolute atomic E-state index is 13.8. The summed E-state index contributed by atoms with van der Waals surface area (Å²) in [6.45, 7) is -2.23. The summed E-state index contributed by atoms with van der Waals surface area (Å²) in [4.78, 5) is 89.9. The third kappa shape index (κ3) is 6.87. The molecule has 2 atom stereocenters. The second-order valence-corrected chi connectivity index (χ2v) is 8.88. The van der Waals surface area contributed by atoms with Gasteiger partial charge < -0.3 is 40.0 Å². The second kappa shape index (κ2) is 13.8. The molecule has 0 saturated carbocycles. The Bertz CT molecular complexity index is 1390. The number of benzene rings is 2. The van der Waals surface area contributed by atoms with Gasteiger partial charge >= 0.3 is 5.97 Å². The highest BCUT2D eigenvalue weighted by atomic mass is 16.5. The lowest BCUT2D eigenvalue weighted by molar-refractivity contribution is -0.139. The van der Waals surface area contributed by atoms with Crippen LogP contribution in [-0.2, 0) is 28.8 Å². The molecule has 2 aromatic rings. The third-order valence-electron chi connectivity index (χ3n) is 6.20. The number of hydrogen-bond donors (Lipinski definition) is 4. The Kier molecular flexibility index (Phi) is 10.3. The molecule has 2 aromatic carbocycles. The Morgan fingerprint density at radius 3 is 2.19 bits per heavy atom. The maximum atomic E-state index is 13.8. The van der Waals surface area contributed by atoms with E-state index in [1.54, 1.807) is 0 Å². The Hall–Kier alpha value is -5.31. The number of ketones is 1. The number of fused-ring (bicyclic) bond motifs is 1. The van der Waals surface area contributed by atoms with Gasteiger partial charge in [-0.15, -0.1) is 0 Å². The van der Waals surface area contributed by atoms with E-state index in [2.05, 4.69) is 10.6 Å². The number of rotatable bonds is 12. The average molecular weight is 585 g/mol. The highest BCUT2D eigenvalue weighted by Gasteiger charge is 2.39. The van der Waals surface area contributed by atoms with Gasteiger partial charge in [-0.2, -0.15) is 0 Å². The summed E-state index contributed by atoms with van der Waals surface area (Å²) in [6.07, 6.45) is -0.474. The van der Waals surface area contributed by atoms with Gasteiger partial charge in [-0.3, -0.25) is 33.7 Å². The topological polar surface area (TPSA) is 209 Å². The third-order valence-corrected chi connectivity index (χ3v) is 6.20. The largest absolute Gasteiger partial charge is 0.496 e. The molecule has 0 bridgehead atoms. The summed E-state index contributed by atoms with van der Waals surface area (Å²) in [6, 6.07) is 7.29. The van der Waals surface area contributed by atoms with Gasteiger partial charge in [0.25, 0.3) is 23.5 Å². The number of nitrogens with zero attached hydrogens (tertiary/aromatic N) is 2. The lowest BCUT2D eigenvalue weighted by Crippen LogP contribution is -2.56. The van der Waals surface area contributed by atoms with E-state index < -0.39 is 73.6 Å². The van der Waals surface area contributed by atoms with Gasteiger partial charge in [-0.05, 0) is 24.3 Å². The first-order valence-electron chi connectivity index (χ1n) is 12.4. The number of aliphatic hydroxyl groups is 1. The molecule has 0 aliphatic carbocycles. The minimum Gasteiger partial charge on any atom is -0.496 e. The number of Topliss-reactive ketones (excluding diaryl/α,β-unsaturated/α-hetero) is 1. The first kappa shape index (κ1) is 31.2. The van der Waals surface area contributed by atoms with Crippen molar-refractivity contribution in [3.05, 3.63) is 48.0 Å². The number of carbonyl (C=O) groups is 7. The van der Waals surface area contributed by atoms with E-state index >= 15 is 0 Å². The van der Waals surface area contributed by atoms with Crippen LogP contribution < -0.4 is 29.9 Å². The van der Waals surface area contributed by atoms with Crippen LogP contribution in [0.2, 0.25) is 0 Å². The molecule has 3 rings (SSSR count). The van der Waals surface area contributed by atoms with Crippen LogP contribution in [0.15, 0.2) is 42.5 Å². The molecule has 42 heavy (non-hydrogen) atoms. The van der Waals surface area contributed by atoms with Gasteiger partial charge in [-0.25, -0.2) is 0 Å².